The smallest absolute Gasteiger partial charge is 0.00139 e. The Bertz CT molecular complexity index is 2190. The predicted octanol–water partition coefficient (Wildman–Crippen LogP) is 10.3. The van der Waals surface area contributed by atoms with Crippen LogP contribution in [-0.2, 0) is 0 Å². The normalized spacial score (nSPS) is 12.4. The van der Waals surface area contributed by atoms with Crippen molar-refractivity contribution in [2.45, 2.75) is 0 Å². The van der Waals surface area contributed by atoms with Crippen molar-refractivity contribution >= 4 is 86.2 Å². The van der Waals surface area contributed by atoms with E-state index in [2.05, 4.69) is 121 Å². The lowest BCUT2D eigenvalue weighted by atomic mass is 9.84. The summed E-state index contributed by atoms with van der Waals surface area (Å²) in [5.41, 5.74) is 0. The van der Waals surface area contributed by atoms with Crippen molar-refractivity contribution in [2.75, 3.05) is 0 Å². The van der Waals surface area contributed by atoms with Crippen molar-refractivity contribution in [3.8, 4) is 0 Å². The maximum atomic E-state index is 2.41. The van der Waals surface area contributed by atoms with Gasteiger partial charge in [-0.2, -0.15) is 0 Å². The van der Waals surface area contributed by atoms with Gasteiger partial charge in [-0.1, -0.05) is 109 Å². The van der Waals surface area contributed by atoms with Crippen LogP contribution >= 0.6 is 0 Å². The first-order chi connectivity index (χ1) is 17.9. The van der Waals surface area contributed by atoms with Crippen molar-refractivity contribution in [1.82, 2.24) is 0 Å². The molecule has 0 fully saturated rings. The summed E-state index contributed by atoms with van der Waals surface area (Å²) in [5, 5.41) is 21.4. The molecule has 0 bridgehead atoms. The number of hydrogen-bond acceptors (Lipinski definition) is 0. The Morgan fingerprint density at radius 3 is 1.14 bits per heavy atom. The van der Waals surface area contributed by atoms with E-state index in [1.54, 1.807) is 0 Å². The summed E-state index contributed by atoms with van der Waals surface area (Å²) < 4.78 is 0. The van der Waals surface area contributed by atoms with E-state index in [1.807, 2.05) is 0 Å². The molecule has 0 aliphatic carbocycles. The molecule has 0 aliphatic rings. The molecule has 0 aromatic heterocycles. The molecule has 0 aliphatic heterocycles. The molecular weight excluding hydrogens is 432 g/mol. The van der Waals surface area contributed by atoms with Crippen LogP contribution in [-0.4, -0.2) is 0 Å². The Morgan fingerprint density at radius 1 is 0.222 bits per heavy atom. The molecule has 164 valence electrons. The summed E-state index contributed by atoms with van der Waals surface area (Å²) in [6.45, 7) is 0. The van der Waals surface area contributed by atoms with Crippen LogP contribution in [0.4, 0.5) is 0 Å². The van der Waals surface area contributed by atoms with Crippen LogP contribution in [0, 0.1) is 0 Å². The molecule has 9 aromatic rings. The van der Waals surface area contributed by atoms with Crippen LogP contribution in [0.5, 0.6) is 0 Å². The first kappa shape index (κ1) is 18.6. The molecule has 0 atom stereocenters. The lowest BCUT2D eigenvalue weighted by Gasteiger charge is -2.19. The topological polar surface area (TPSA) is 0 Å². The maximum absolute atomic E-state index is 2.41. The second-order valence-corrected chi connectivity index (χ2v) is 10.1. The Labute approximate surface area is 207 Å². The largest absolute Gasteiger partial charge is 0.0616 e. The second-order valence-electron chi connectivity index (χ2n) is 10.1. The van der Waals surface area contributed by atoms with Crippen LogP contribution in [0.2, 0.25) is 0 Å². The van der Waals surface area contributed by atoms with Gasteiger partial charge in [-0.15, -0.1) is 0 Å². The molecule has 0 spiro atoms. The molecule has 9 rings (SSSR count). The highest BCUT2D eigenvalue weighted by Gasteiger charge is 2.18. The summed E-state index contributed by atoms with van der Waals surface area (Å²) in [5.74, 6) is 0. The number of fused-ring (bicyclic) bond motifs is 10. The van der Waals surface area contributed by atoms with Crippen LogP contribution in [0.15, 0.2) is 121 Å². The van der Waals surface area contributed by atoms with E-state index < -0.39 is 0 Å². The molecule has 0 N–H and O–H groups in total. The fraction of sp³-hybridized carbons (Fsp3) is 0. The van der Waals surface area contributed by atoms with Gasteiger partial charge in [0.1, 0.15) is 0 Å². The number of benzene rings is 9. The molecule has 0 heterocycles. The van der Waals surface area contributed by atoms with Gasteiger partial charge in [-0.05, 0) is 98.3 Å². The van der Waals surface area contributed by atoms with Gasteiger partial charge in [0.25, 0.3) is 0 Å². The van der Waals surface area contributed by atoms with E-state index in [1.165, 1.54) is 86.2 Å². The van der Waals surface area contributed by atoms with Crippen LogP contribution in [0.3, 0.4) is 0 Å². The standard InChI is InChI=1S/C36H20/c1-3-11-25-21(7-1)15-17-27-31(25)19-23-9-5-14-30-33(23)35(27)29-13-6-10-24-20-32-26-12-4-2-8-22(26)16-18-28(32)36(30)34(24)29/h1-20H. The Morgan fingerprint density at radius 2 is 0.639 bits per heavy atom. The summed E-state index contributed by atoms with van der Waals surface area (Å²) in [6, 6.07) is 45.3. The van der Waals surface area contributed by atoms with Gasteiger partial charge >= 0.3 is 0 Å². The lowest BCUT2D eigenvalue weighted by Crippen LogP contribution is -1.91. The molecule has 0 saturated heterocycles. The molecule has 0 nitrogen and oxygen atoms in total. The van der Waals surface area contributed by atoms with Crippen molar-refractivity contribution < 1.29 is 0 Å². The maximum Gasteiger partial charge on any atom is -0.00139 e. The van der Waals surface area contributed by atoms with Gasteiger partial charge in [0.2, 0.25) is 0 Å². The molecule has 0 radical (unpaired) electrons. The molecule has 0 saturated carbocycles. The first-order valence-electron chi connectivity index (χ1n) is 12.6. The second kappa shape index (κ2) is 6.50. The summed E-state index contributed by atoms with van der Waals surface area (Å²) >= 11 is 0. The molecule has 0 unspecified atom stereocenters. The van der Waals surface area contributed by atoms with Gasteiger partial charge in [0.15, 0.2) is 0 Å². The summed E-state index contributed by atoms with van der Waals surface area (Å²) in [4.78, 5) is 0. The lowest BCUT2D eigenvalue weighted by molar-refractivity contribution is 1.79. The van der Waals surface area contributed by atoms with E-state index in [9.17, 15) is 0 Å². The molecule has 0 amide bonds. The highest BCUT2D eigenvalue weighted by atomic mass is 14.2. The van der Waals surface area contributed by atoms with Crippen molar-refractivity contribution in [2.24, 2.45) is 0 Å². The van der Waals surface area contributed by atoms with E-state index in [0.717, 1.165) is 0 Å². The van der Waals surface area contributed by atoms with Gasteiger partial charge < -0.3 is 0 Å². The zero-order chi connectivity index (χ0) is 23.4. The zero-order valence-electron chi connectivity index (χ0n) is 19.5. The SMILES string of the molecule is c1ccc2c(c1)ccc1c2cc2cccc3c2c1c1cccc2cc4c5ccccc5ccc4c3c21. The molecule has 36 heavy (non-hydrogen) atoms. The Kier molecular flexibility index (Phi) is 3.36. The van der Waals surface area contributed by atoms with Crippen molar-refractivity contribution in [1.29, 1.82) is 0 Å². The average molecular weight is 453 g/mol. The number of rotatable bonds is 0. The van der Waals surface area contributed by atoms with E-state index >= 15 is 0 Å². The van der Waals surface area contributed by atoms with Crippen LogP contribution in [0.25, 0.3) is 86.2 Å². The van der Waals surface area contributed by atoms with Gasteiger partial charge in [0.05, 0.1) is 0 Å². The average Bonchev–Trinajstić information content (AvgIpc) is 2.94. The highest BCUT2D eigenvalue weighted by molar-refractivity contribution is 6.43. The number of hydrogen-bond donors (Lipinski definition) is 0. The molecular formula is C36H20. The van der Waals surface area contributed by atoms with E-state index in [4.69, 9.17) is 0 Å². The summed E-state index contributed by atoms with van der Waals surface area (Å²) in [7, 11) is 0. The zero-order valence-corrected chi connectivity index (χ0v) is 19.5. The van der Waals surface area contributed by atoms with Crippen LogP contribution < -0.4 is 0 Å². The fourth-order valence-electron chi connectivity index (χ4n) is 6.83. The molecule has 0 heteroatoms. The minimum atomic E-state index is 1.29. The third-order valence-corrected chi connectivity index (χ3v) is 8.31. The van der Waals surface area contributed by atoms with Gasteiger partial charge in [0, 0.05) is 0 Å². The Hall–Kier alpha value is -4.68. The van der Waals surface area contributed by atoms with E-state index in [-0.39, 0.29) is 0 Å². The minimum absolute atomic E-state index is 1.29. The van der Waals surface area contributed by atoms with Gasteiger partial charge in [-0.25, -0.2) is 0 Å². The third-order valence-electron chi connectivity index (χ3n) is 8.31. The van der Waals surface area contributed by atoms with Crippen molar-refractivity contribution in [3.05, 3.63) is 121 Å². The van der Waals surface area contributed by atoms with Crippen molar-refractivity contribution in [3.63, 3.8) is 0 Å². The monoisotopic (exact) mass is 452 g/mol. The quantitative estimate of drug-likeness (QED) is 0.159. The Balaban J connectivity index is 1.65. The predicted molar refractivity (Wildman–Crippen MR) is 158 cm³/mol. The van der Waals surface area contributed by atoms with E-state index in [0.29, 0.717) is 0 Å². The molecule has 9 aromatic carbocycles. The van der Waals surface area contributed by atoms with Gasteiger partial charge in [-0.3, -0.25) is 0 Å². The highest BCUT2D eigenvalue weighted by Crippen LogP contribution is 2.47. The fourth-order valence-corrected chi connectivity index (χ4v) is 6.83. The third kappa shape index (κ3) is 2.20. The minimum Gasteiger partial charge on any atom is -0.0616 e. The first-order valence-corrected chi connectivity index (χ1v) is 12.6. The summed E-state index contributed by atoms with van der Waals surface area (Å²) in [6.07, 6.45) is 0. The van der Waals surface area contributed by atoms with Crippen LogP contribution in [0.1, 0.15) is 0 Å².